The van der Waals surface area contributed by atoms with E-state index in [1.165, 1.54) is 0 Å². The molecular formula is C17H23N3O2. The molecule has 5 heteroatoms. The third-order valence-corrected chi connectivity index (χ3v) is 3.24. The lowest BCUT2D eigenvalue weighted by atomic mass is 9.97. The zero-order valence-corrected chi connectivity index (χ0v) is 13.6. The van der Waals surface area contributed by atoms with E-state index in [0.717, 1.165) is 11.1 Å². The number of hydrogen-bond donors (Lipinski definition) is 1. The average molecular weight is 301 g/mol. The highest BCUT2D eigenvalue weighted by molar-refractivity contribution is 5.76. The smallest absolute Gasteiger partial charge is 0.227 e. The molecule has 0 aliphatic heterocycles. The Balaban J connectivity index is 1.90. The molecule has 2 rings (SSSR count). The van der Waals surface area contributed by atoms with Crippen LogP contribution < -0.4 is 5.32 Å². The fraction of sp³-hybridized carbons (Fsp3) is 0.471. The minimum atomic E-state index is 0.00515. The molecule has 1 aromatic heterocycles. The van der Waals surface area contributed by atoms with Gasteiger partial charge in [-0.25, -0.2) is 0 Å². The first-order chi connectivity index (χ1) is 10.3. The van der Waals surface area contributed by atoms with Crippen LogP contribution in [0.1, 0.15) is 38.6 Å². The SMILES string of the molecule is Cc1ccccc1-c1noc(CCC(=O)NCC(C)(C)C)n1. The second-order valence-corrected chi connectivity index (χ2v) is 6.66. The largest absolute Gasteiger partial charge is 0.356 e. The standard InChI is InChI=1S/C17H23N3O2/c1-12-7-5-6-8-13(12)16-19-15(22-20-16)10-9-14(21)18-11-17(2,3)4/h5-8H,9-11H2,1-4H3,(H,18,21). The molecule has 22 heavy (non-hydrogen) atoms. The minimum Gasteiger partial charge on any atom is -0.356 e. The molecule has 118 valence electrons. The number of carbonyl (C=O) groups is 1. The third kappa shape index (κ3) is 4.69. The van der Waals surface area contributed by atoms with E-state index >= 15 is 0 Å². The molecule has 0 aliphatic rings. The predicted octanol–water partition coefficient (Wildman–Crippen LogP) is 3.14. The van der Waals surface area contributed by atoms with Gasteiger partial charge in [0.1, 0.15) is 0 Å². The summed E-state index contributed by atoms with van der Waals surface area (Å²) >= 11 is 0. The van der Waals surface area contributed by atoms with Gasteiger partial charge in [-0.2, -0.15) is 4.98 Å². The molecule has 0 saturated heterocycles. The van der Waals surface area contributed by atoms with Crippen LogP contribution in [-0.2, 0) is 11.2 Å². The zero-order chi connectivity index (χ0) is 16.2. The zero-order valence-electron chi connectivity index (χ0n) is 13.6. The molecule has 1 N–H and O–H groups in total. The topological polar surface area (TPSA) is 68.0 Å². The summed E-state index contributed by atoms with van der Waals surface area (Å²) in [6.07, 6.45) is 0.806. The Bertz CT molecular complexity index is 641. The molecule has 2 aromatic rings. The van der Waals surface area contributed by atoms with E-state index in [0.29, 0.717) is 31.1 Å². The van der Waals surface area contributed by atoms with Crippen molar-refractivity contribution in [2.45, 2.75) is 40.5 Å². The fourth-order valence-corrected chi connectivity index (χ4v) is 1.96. The Hall–Kier alpha value is -2.17. The number of aromatic nitrogens is 2. The van der Waals surface area contributed by atoms with Crippen LogP contribution in [0.3, 0.4) is 0 Å². The number of aryl methyl sites for hydroxylation is 2. The van der Waals surface area contributed by atoms with Crippen molar-refractivity contribution in [3.63, 3.8) is 0 Å². The van der Waals surface area contributed by atoms with Gasteiger partial charge in [0.05, 0.1) is 0 Å². The van der Waals surface area contributed by atoms with Crippen LogP contribution >= 0.6 is 0 Å². The molecule has 1 amide bonds. The van der Waals surface area contributed by atoms with E-state index in [2.05, 4.69) is 36.2 Å². The number of nitrogens with one attached hydrogen (secondary N) is 1. The summed E-state index contributed by atoms with van der Waals surface area (Å²) in [7, 11) is 0. The van der Waals surface area contributed by atoms with Crippen molar-refractivity contribution >= 4 is 5.91 Å². The van der Waals surface area contributed by atoms with Gasteiger partial charge in [-0.05, 0) is 17.9 Å². The van der Waals surface area contributed by atoms with E-state index in [-0.39, 0.29) is 11.3 Å². The molecule has 5 nitrogen and oxygen atoms in total. The van der Waals surface area contributed by atoms with E-state index in [9.17, 15) is 4.79 Å². The summed E-state index contributed by atoms with van der Waals surface area (Å²) in [6, 6.07) is 7.88. The Morgan fingerprint density at radius 2 is 2.00 bits per heavy atom. The van der Waals surface area contributed by atoms with Crippen molar-refractivity contribution in [1.82, 2.24) is 15.5 Å². The van der Waals surface area contributed by atoms with Gasteiger partial charge in [0.2, 0.25) is 17.6 Å². The lowest BCUT2D eigenvalue weighted by Crippen LogP contribution is -2.32. The Labute approximate surface area is 131 Å². The van der Waals surface area contributed by atoms with E-state index < -0.39 is 0 Å². The van der Waals surface area contributed by atoms with Crippen molar-refractivity contribution in [3.05, 3.63) is 35.7 Å². The highest BCUT2D eigenvalue weighted by Gasteiger charge is 2.14. The van der Waals surface area contributed by atoms with Crippen LogP contribution in [0.25, 0.3) is 11.4 Å². The molecular weight excluding hydrogens is 278 g/mol. The fourth-order valence-electron chi connectivity index (χ4n) is 1.96. The quantitative estimate of drug-likeness (QED) is 0.921. The van der Waals surface area contributed by atoms with E-state index in [1.807, 2.05) is 31.2 Å². The lowest BCUT2D eigenvalue weighted by Gasteiger charge is -2.18. The van der Waals surface area contributed by atoms with Gasteiger partial charge in [-0.3, -0.25) is 4.79 Å². The summed E-state index contributed by atoms with van der Waals surface area (Å²) in [5, 5.41) is 6.90. The van der Waals surface area contributed by atoms with Crippen LogP contribution in [0.15, 0.2) is 28.8 Å². The summed E-state index contributed by atoms with van der Waals surface area (Å²) in [5.74, 6) is 1.07. The second-order valence-electron chi connectivity index (χ2n) is 6.66. The van der Waals surface area contributed by atoms with Gasteiger partial charge < -0.3 is 9.84 Å². The summed E-state index contributed by atoms with van der Waals surface area (Å²) in [6.45, 7) is 8.91. The van der Waals surface area contributed by atoms with Crippen LogP contribution in [0.4, 0.5) is 0 Å². The number of carbonyl (C=O) groups excluding carboxylic acids is 1. The maximum Gasteiger partial charge on any atom is 0.227 e. The maximum absolute atomic E-state index is 11.8. The van der Waals surface area contributed by atoms with Gasteiger partial charge in [0, 0.05) is 24.9 Å². The highest BCUT2D eigenvalue weighted by Crippen LogP contribution is 2.20. The number of hydrogen-bond acceptors (Lipinski definition) is 4. The second kappa shape index (κ2) is 6.73. The first kappa shape index (κ1) is 16.2. The van der Waals surface area contributed by atoms with Gasteiger partial charge in [-0.1, -0.05) is 50.2 Å². The number of benzene rings is 1. The molecule has 0 aliphatic carbocycles. The Morgan fingerprint density at radius 3 is 2.68 bits per heavy atom. The summed E-state index contributed by atoms with van der Waals surface area (Å²) in [4.78, 5) is 16.2. The first-order valence-corrected chi connectivity index (χ1v) is 7.50. The molecule has 1 heterocycles. The van der Waals surface area contributed by atoms with E-state index in [1.54, 1.807) is 0 Å². The Morgan fingerprint density at radius 1 is 1.27 bits per heavy atom. The Kier molecular flexibility index (Phi) is 4.96. The van der Waals surface area contributed by atoms with Crippen molar-refractivity contribution in [1.29, 1.82) is 0 Å². The van der Waals surface area contributed by atoms with Crippen LogP contribution in [0.2, 0.25) is 0 Å². The van der Waals surface area contributed by atoms with Crippen molar-refractivity contribution in [2.24, 2.45) is 5.41 Å². The van der Waals surface area contributed by atoms with Crippen LogP contribution in [0, 0.1) is 12.3 Å². The molecule has 0 atom stereocenters. The molecule has 1 aromatic carbocycles. The molecule has 0 bridgehead atoms. The molecule has 0 unspecified atom stereocenters. The predicted molar refractivity (Wildman–Crippen MR) is 85.3 cm³/mol. The summed E-state index contributed by atoms with van der Waals surface area (Å²) < 4.78 is 5.23. The number of rotatable bonds is 5. The van der Waals surface area contributed by atoms with Crippen molar-refractivity contribution in [2.75, 3.05) is 6.54 Å². The number of nitrogens with zero attached hydrogens (tertiary/aromatic N) is 2. The van der Waals surface area contributed by atoms with Gasteiger partial charge in [0.25, 0.3) is 0 Å². The van der Waals surface area contributed by atoms with Gasteiger partial charge >= 0.3 is 0 Å². The molecule has 0 radical (unpaired) electrons. The number of amides is 1. The van der Waals surface area contributed by atoms with Crippen LogP contribution in [-0.4, -0.2) is 22.6 Å². The highest BCUT2D eigenvalue weighted by atomic mass is 16.5. The average Bonchev–Trinajstić information content (AvgIpc) is 2.91. The monoisotopic (exact) mass is 301 g/mol. The van der Waals surface area contributed by atoms with E-state index in [4.69, 9.17) is 4.52 Å². The summed E-state index contributed by atoms with van der Waals surface area (Å²) in [5.41, 5.74) is 2.13. The van der Waals surface area contributed by atoms with Gasteiger partial charge in [-0.15, -0.1) is 0 Å². The van der Waals surface area contributed by atoms with Crippen molar-refractivity contribution in [3.8, 4) is 11.4 Å². The van der Waals surface area contributed by atoms with Crippen molar-refractivity contribution < 1.29 is 9.32 Å². The third-order valence-electron chi connectivity index (χ3n) is 3.24. The minimum absolute atomic E-state index is 0.00515. The lowest BCUT2D eigenvalue weighted by molar-refractivity contribution is -0.121. The molecule has 0 saturated carbocycles. The normalized spacial score (nSPS) is 11.5. The molecule has 0 spiro atoms. The van der Waals surface area contributed by atoms with Crippen LogP contribution in [0.5, 0.6) is 0 Å². The first-order valence-electron chi connectivity index (χ1n) is 7.50. The van der Waals surface area contributed by atoms with Gasteiger partial charge in [0.15, 0.2) is 0 Å². The molecule has 0 fully saturated rings. The maximum atomic E-state index is 11.8.